The molecule has 4 atom stereocenters. The van der Waals surface area contributed by atoms with E-state index < -0.39 is 0 Å². The van der Waals surface area contributed by atoms with E-state index in [1.165, 1.54) is 12.7 Å². The van der Waals surface area contributed by atoms with Gasteiger partial charge in [-0.2, -0.15) is 0 Å². The molecule has 23 heavy (non-hydrogen) atoms. The standard InChI is InChI=1S/C18H25N3O2/c1-3-7-20(2)12-15-13-21-8-6-14(15)10-16(21)11-19-18(22)17-5-4-9-23-17/h1,4-5,9,14-16H,6-8,10-13H2,2H3,(H,19,22)/t14-,15+,16+/m0/s1. The Morgan fingerprint density at radius 1 is 1.61 bits per heavy atom. The van der Waals surface area contributed by atoms with Crippen LogP contribution in [0.1, 0.15) is 23.4 Å². The number of amides is 1. The zero-order valence-corrected chi connectivity index (χ0v) is 13.7. The minimum absolute atomic E-state index is 0.122. The summed E-state index contributed by atoms with van der Waals surface area (Å²) in [5.74, 6) is 4.41. The van der Waals surface area contributed by atoms with Crippen LogP contribution in [-0.2, 0) is 0 Å². The Bertz CT molecular complexity index is 563. The van der Waals surface area contributed by atoms with Crippen molar-refractivity contribution in [2.75, 3.05) is 39.8 Å². The highest BCUT2D eigenvalue weighted by atomic mass is 16.3. The molecule has 1 amide bonds. The molecule has 1 unspecified atom stereocenters. The minimum Gasteiger partial charge on any atom is -0.459 e. The summed E-state index contributed by atoms with van der Waals surface area (Å²) in [5, 5.41) is 3.00. The lowest BCUT2D eigenvalue weighted by Gasteiger charge is -2.50. The van der Waals surface area contributed by atoms with Gasteiger partial charge in [0.1, 0.15) is 0 Å². The first-order valence-corrected chi connectivity index (χ1v) is 8.35. The summed E-state index contributed by atoms with van der Waals surface area (Å²) in [5.41, 5.74) is 0. The van der Waals surface area contributed by atoms with Crippen molar-refractivity contribution in [2.45, 2.75) is 18.9 Å². The van der Waals surface area contributed by atoms with Crippen LogP contribution in [0, 0.1) is 24.2 Å². The molecule has 3 saturated heterocycles. The molecule has 3 aliphatic heterocycles. The fourth-order valence-electron chi connectivity index (χ4n) is 3.99. The normalized spacial score (nSPS) is 29.4. The zero-order chi connectivity index (χ0) is 16.2. The van der Waals surface area contributed by atoms with Gasteiger partial charge in [0.15, 0.2) is 5.76 Å². The molecule has 1 N–H and O–H groups in total. The van der Waals surface area contributed by atoms with Crippen LogP contribution in [0.2, 0.25) is 0 Å². The van der Waals surface area contributed by atoms with Crippen molar-refractivity contribution in [1.29, 1.82) is 0 Å². The monoisotopic (exact) mass is 315 g/mol. The fraction of sp³-hybridized carbons (Fsp3) is 0.611. The third-order valence-corrected chi connectivity index (χ3v) is 5.16. The Balaban J connectivity index is 1.49. The van der Waals surface area contributed by atoms with Gasteiger partial charge in [-0.15, -0.1) is 6.42 Å². The van der Waals surface area contributed by atoms with Crippen molar-refractivity contribution in [1.82, 2.24) is 15.1 Å². The van der Waals surface area contributed by atoms with E-state index in [1.807, 2.05) is 0 Å². The van der Waals surface area contributed by atoms with Crippen LogP contribution >= 0.6 is 0 Å². The van der Waals surface area contributed by atoms with Gasteiger partial charge in [0.2, 0.25) is 0 Å². The van der Waals surface area contributed by atoms with Crippen LogP contribution in [0.3, 0.4) is 0 Å². The first kappa shape index (κ1) is 16.1. The Morgan fingerprint density at radius 2 is 2.48 bits per heavy atom. The summed E-state index contributed by atoms with van der Waals surface area (Å²) >= 11 is 0. The SMILES string of the molecule is C#CCN(C)C[C@@H]1CN2CC[C@H]1C[C@@H]2CNC(=O)c1ccco1. The number of carbonyl (C=O) groups excluding carboxylic acids is 1. The highest BCUT2D eigenvalue weighted by Gasteiger charge is 2.40. The predicted octanol–water partition coefficient (Wildman–Crippen LogP) is 1.28. The van der Waals surface area contributed by atoms with Crippen molar-refractivity contribution >= 4 is 5.91 Å². The lowest BCUT2D eigenvalue weighted by atomic mass is 9.75. The van der Waals surface area contributed by atoms with Gasteiger partial charge in [-0.1, -0.05) is 5.92 Å². The highest BCUT2D eigenvalue weighted by molar-refractivity contribution is 5.91. The van der Waals surface area contributed by atoms with Crippen LogP contribution in [0.15, 0.2) is 22.8 Å². The summed E-state index contributed by atoms with van der Waals surface area (Å²) in [4.78, 5) is 16.7. The molecule has 1 aromatic rings. The Hall–Kier alpha value is -1.77. The van der Waals surface area contributed by atoms with Gasteiger partial charge in [-0.25, -0.2) is 0 Å². The molecule has 1 aromatic heterocycles. The molecule has 5 heteroatoms. The van der Waals surface area contributed by atoms with Crippen LogP contribution < -0.4 is 5.32 Å². The lowest BCUT2D eigenvalue weighted by Crippen LogP contribution is -2.58. The Kier molecular flexibility index (Phi) is 5.04. The van der Waals surface area contributed by atoms with Gasteiger partial charge in [0.05, 0.1) is 12.8 Å². The zero-order valence-electron chi connectivity index (χ0n) is 13.7. The van der Waals surface area contributed by atoms with Crippen LogP contribution in [0.25, 0.3) is 0 Å². The van der Waals surface area contributed by atoms with Gasteiger partial charge < -0.3 is 9.73 Å². The summed E-state index contributed by atoms with van der Waals surface area (Å²) < 4.78 is 5.13. The lowest BCUT2D eigenvalue weighted by molar-refractivity contribution is -0.00769. The number of carbonyl (C=O) groups is 1. The van der Waals surface area contributed by atoms with Crippen molar-refractivity contribution in [3.8, 4) is 12.3 Å². The highest BCUT2D eigenvalue weighted by Crippen LogP contribution is 2.36. The maximum Gasteiger partial charge on any atom is 0.287 e. The molecule has 0 saturated carbocycles. The first-order chi connectivity index (χ1) is 11.2. The number of piperidine rings is 3. The number of nitrogens with one attached hydrogen (secondary N) is 1. The van der Waals surface area contributed by atoms with Crippen molar-refractivity contribution in [2.24, 2.45) is 11.8 Å². The number of furan rings is 1. The molecule has 3 aliphatic rings. The first-order valence-electron chi connectivity index (χ1n) is 8.35. The number of terminal acetylenes is 1. The van der Waals surface area contributed by atoms with E-state index in [0.717, 1.165) is 32.0 Å². The quantitative estimate of drug-likeness (QED) is 0.804. The van der Waals surface area contributed by atoms with E-state index in [1.54, 1.807) is 12.1 Å². The van der Waals surface area contributed by atoms with Crippen molar-refractivity contribution in [3.05, 3.63) is 24.2 Å². The van der Waals surface area contributed by atoms with E-state index in [4.69, 9.17) is 10.8 Å². The molecule has 0 aromatic carbocycles. The third-order valence-electron chi connectivity index (χ3n) is 5.16. The predicted molar refractivity (Wildman–Crippen MR) is 88.9 cm³/mol. The van der Waals surface area contributed by atoms with Crippen LogP contribution in [-0.4, -0.2) is 61.5 Å². The number of hydrogen-bond donors (Lipinski definition) is 1. The minimum atomic E-state index is -0.122. The van der Waals surface area contributed by atoms with Crippen molar-refractivity contribution in [3.63, 3.8) is 0 Å². The number of fused-ring (bicyclic) bond motifs is 3. The summed E-state index contributed by atoms with van der Waals surface area (Å²) in [6.45, 7) is 4.73. The maximum absolute atomic E-state index is 12.0. The van der Waals surface area contributed by atoms with Gasteiger partial charge in [0, 0.05) is 25.7 Å². The van der Waals surface area contributed by atoms with E-state index in [2.05, 4.69) is 28.1 Å². The summed E-state index contributed by atoms with van der Waals surface area (Å²) in [6, 6.07) is 3.87. The molecule has 5 nitrogen and oxygen atoms in total. The average molecular weight is 315 g/mol. The molecule has 2 bridgehead atoms. The largest absolute Gasteiger partial charge is 0.459 e. The Labute approximate surface area is 138 Å². The molecule has 4 heterocycles. The molecule has 0 aliphatic carbocycles. The molecule has 0 spiro atoms. The molecule has 3 fully saturated rings. The van der Waals surface area contributed by atoms with Crippen molar-refractivity contribution < 1.29 is 9.21 Å². The topological polar surface area (TPSA) is 48.7 Å². The van der Waals surface area contributed by atoms with Gasteiger partial charge in [0.25, 0.3) is 5.91 Å². The van der Waals surface area contributed by atoms with Gasteiger partial charge in [-0.05, 0) is 50.4 Å². The smallest absolute Gasteiger partial charge is 0.287 e. The number of rotatable bonds is 6. The number of hydrogen-bond acceptors (Lipinski definition) is 4. The number of nitrogens with zero attached hydrogens (tertiary/aromatic N) is 2. The summed E-state index contributed by atoms with van der Waals surface area (Å²) in [7, 11) is 2.10. The van der Waals surface area contributed by atoms with E-state index in [-0.39, 0.29) is 5.91 Å². The molecule has 124 valence electrons. The van der Waals surface area contributed by atoms with Gasteiger partial charge >= 0.3 is 0 Å². The molecule has 4 rings (SSSR count). The van der Waals surface area contributed by atoms with Gasteiger partial charge in [-0.3, -0.25) is 14.6 Å². The molecule has 0 radical (unpaired) electrons. The second-order valence-electron chi connectivity index (χ2n) is 6.78. The molecular formula is C18H25N3O2. The van der Waals surface area contributed by atoms with E-state index in [0.29, 0.717) is 30.8 Å². The van der Waals surface area contributed by atoms with E-state index in [9.17, 15) is 4.79 Å². The maximum atomic E-state index is 12.0. The van der Waals surface area contributed by atoms with Crippen LogP contribution in [0.4, 0.5) is 0 Å². The molecular weight excluding hydrogens is 290 g/mol. The fourth-order valence-corrected chi connectivity index (χ4v) is 3.99. The second-order valence-corrected chi connectivity index (χ2v) is 6.78. The van der Waals surface area contributed by atoms with Crippen LogP contribution in [0.5, 0.6) is 0 Å². The second kappa shape index (κ2) is 7.20. The average Bonchev–Trinajstić information content (AvgIpc) is 3.08. The summed E-state index contributed by atoms with van der Waals surface area (Å²) in [6.07, 6.45) is 9.34. The Morgan fingerprint density at radius 3 is 3.13 bits per heavy atom. The van der Waals surface area contributed by atoms with E-state index >= 15 is 0 Å². The third kappa shape index (κ3) is 3.77.